The van der Waals surface area contributed by atoms with Crippen LogP contribution in [-0.2, 0) is 9.53 Å². The van der Waals surface area contributed by atoms with Crippen LogP contribution < -0.4 is 5.73 Å². The lowest BCUT2D eigenvalue weighted by Gasteiger charge is -2.38. The van der Waals surface area contributed by atoms with E-state index in [0.29, 0.717) is 18.3 Å². The number of ether oxygens (including phenoxy) is 1. The minimum absolute atomic E-state index is 0.0504. The molecule has 1 aliphatic carbocycles. The highest BCUT2D eigenvalue weighted by Crippen LogP contribution is 2.39. The van der Waals surface area contributed by atoms with Crippen molar-refractivity contribution in [1.29, 1.82) is 0 Å². The molecule has 3 nitrogen and oxygen atoms in total. The van der Waals surface area contributed by atoms with Crippen molar-refractivity contribution in [2.24, 2.45) is 23.0 Å². The van der Waals surface area contributed by atoms with Crippen LogP contribution in [0.5, 0.6) is 0 Å². The topological polar surface area (TPSA) is 52.3 Å². The molecule has 0 radical (unpaired) electrons. The molecular formula is C15H29NO2. The summed E-state index contributed by atoms with van der Waals surface area (Å²) in [6, 6.07) is -0.467. The Morgan fingerprint density at radius 1 is 1.39 bits per heavy atom. The molecule has 0 aliphatic heterocycles. The first-order valence-electron chi connectivity index (χ1n) is 7.15. The summed E-state index contributed by atoms with van der Waals surface area (Å²) < 4.78 is 5.60. The second-order valence-corrected chi connectivity index (χ2v) is 7.21. The van der Waals surface area contributed by atoms with Crippen LogP contribution in [0.1, 0.15) is 60.3 Å². The van der Waals surface area contributed by atoms with Gasteiger partial charge in [0.1, 0.15) is 12.1 Å². The average molecular weight is 255 g/mol. The van der Waals surface area contributed by atoms with E-state index in [-0.39, 0.29) is 17.5 Å². The zero-order valence-corrected chi connectivity index (χ0v) is 12.5. The van der Waals surface area contributed by atoms with Gasteiger partial charge in [-0.1, -0.05) is 34.6 Å². The van der Waals surface area contributed by atoms with Crippen LogP contribution in [0.4, 0.5) is 0 Å². The molecule has 1 rings (SSSR count). The molecule has 0 amide bonds. The Morgan fingerprint density at radius 2 is 2.00 bits per heavy atom. The van der Waals surface area contributed by atoms with Crippen LogP contribution in [-0.4, -0.2) is 18.1 Å². The molecule has 0 heterocycles. The number of esters is 1. The van der Waals surface area contributed by atoms with Crippen LogP contribution in [0, 0.1) is 17.3 Å². The standard InChI is InChI=1S/C15H29NO2/c1-10(2)6-13(16)14(17)18-12-7-11(3)8-15(4,5)9-12/h10-13H,6-9,16H2,1-5H3/t11?,12?,13-/m0/s1. The minimum Gasteiger partial charge on any atom is -0.461 e. The third-order valence-electron chi connectivity index (χ3n) is 3.66. The van der Waals surface area contributed by atoms with E-state index in [0.717, 1.165) is 12.8 Å². The summed E-state index contributed by atoms with van der Waals surface area (Å²) in [5.41, 5.74) is 6.13. The van der Waals surface area contributed by atoms with Crippen LogP contribution in [0.25, 0.3) is 0 Å². The zero-order valence-electron chi connectivity index (χ0n) is 12.5. The monoisotopic (exact) mass is 255 g/mol. The lowest BCUT2D eigenvalue weighted by Crippen LogP contribution is -2.39. The second-order valence-electron chi connectivity index (χ2n) is 7.21. The van der Waals surface area contributed by atoms with Gasteiger partial charge in [-0.2, -0.15) is 0 Å². The van der Waals surface area contributed by atoms with Gasteiger partial charge < -0.3 is 10.5 Å². The van der Waals surface area contributed by atoms with Gasteiger partial charge in [0, 0.05) is 0 Å². The quantitative estimate of drug-likeness (QED) is 0.785. The Kier molecular flexibility index (Phi) is 5.20. The summed E-state index contributed by atoms with van der Waals surface area (Å²) in [5.74, 6) is 0.820. The van der Waals surface area contributed by atoms with Crippen molar-refractivity contribution in [3.63, 3.8) is 0 Å². The van der Waals surface area contributed by atoms with Crippen molar-refractivity contribution >= 4 is 5.97 Å². The van der Waals surface area contributed by atoms with E-state index in [1.165, 1.54) is 6.42 Å². The van der Waals surface area contributed by atoms with Crippen molar-refractivity contribution in [1.82, 2.24) is 0 Å². The first kappa shape index (κ1) is 15.5. The Labute approximate surface area is 111 Å². The fourth-order valence-corrected chi connectivity index (χ4v) is 3.20. The number of carbonyl (C=O) groups is 1. The van der Waals surface area contributed by atoms with Crippen molar-refractivity contribution in [2.75, 3.05) is 0 Å². The van der Waals surface area contributed by atoms with E-state index in [2.05, 4.69) is 34.6 Å². The fourth-order valence-electron chi connectivity index (χ4n) is 3.20. The highest BCUT2D eigenvalue weighted by Gasteiger charge is 2.34. The molecule has 1 fully saturated rings. The summed E-state index contributed by atoms with van der Waals surface area (Å²) in [6.45, 7) is 10.9. The zero-order chi connectivity index (χ0) is 13.9. The highest BCUT2D eigenvalue weighted by molar-refractivity contribution is 5.75. The molecule has 0 saturated heterocycles. The molecule has 2 N–H and O–H groups in total. The van der Waals surface area contributed by atoms with Gasteiger partial charge in [-0.05, 0) is 42.9 Å². The van der Waals surface area contributed by atoms with Crippen LogP contribution in [0.15, 0.2) is 0 Å². The molecule has 1 aliphatic rings. The van der Waals surface area contributed by atoms with Crippen LogP contribution in [0.2, 0.25) is 0 Å². The Hall–Kier alpha value is -0.570. The number of rotatable bonds is 4. The molecule has 3 atom stereocenters. The summed E-state index contributed by atoms with van der Waals surface area (Å²) in [6.07, 6.45) is 3.89. The smallest absolute Gasteiger partial charge is 0.323 e. The molecule has 1 saturated carbocycles. The lowest BCUT2D eigenvalue weighted by atomic mass is 9.71. The Bertz CT molecular complexity index is 286. The number of hydrogen-bond acceptors (Lipinski definition) is 3. The molecular weight excluding hydrogens is 226 g/mol. The summed E-state index contributed by atoms with van der Waals surface area (Å²) in [7, 11) is 0. The van der Waals surface area contributed by atoms with Crippen molar-refractivity contribution < 1.29 is 9.53 Å². The van der Waals surface area contributed by atoms with Gasteiger partial charge in [-0.15, -0.1) is 0 Å². The van der Waals surface area contributed by atoms with Gasteiger partial charge in [0.05, 0.1) is 0 Å². The van der Waals surface area contributed by atoms with Gasteiger partial charge in [0.2, 0.25) is 0 Å². The SMILES string of the molecule is CC(C)C[C@H](N)C(=O)OC1CC(C)CC(C)(C)C1. The highest BCUT2D eigenvalue weighted by atomic mass is 16.5. The van der Waals surface area contributed by atoms with E-state index in [1.54, 1.807) is 0 Å². The maximum atomic E-state index is 11.9. The largest absolute Gasteiger partial charge is 0.461 e. The molecule has 0 spiro atoms. The Morgan fingerprint density at radius 3 is 2.50 bits per heavy atom. The molecule has 0 bridgehead atoms. The maximum absolute atomic E-state index is 11.9. The van der Waals surface area contributed by atoms with Crippen molar-refractivity contribution in [3.05, 3.63) is 0 Å². The molecule has 0 aromatic carbocycles. The number of carbonyl (C=O) groups excluding carboxylic acids is 1. The molecule has 0 aromatic heterocycles. The molecule has 3 heteroatoms. The molecule has 18 heavy (non-hydrogen) atoms. The average Bonchev–Trinajstić information content (AvgIpc) is 2.12. The summed E-state index contributed by atoms with van der Waals surface area (Å²) in [4.78, 5) is 11.9. The van der Waals surface area contributed by atoms with Gasteiger partial charge >= 0.3 is 5.97 Å². The van der Waals surface area contributed by atoms with Gasteiger partial charge in [0.15, 0.2) is 0 Å². The van der Waals surface area contributed by atoms with E-state index in [9.17, 15) is 4.79 Å². The first-order chi connectivity index (χ1) is 8.19. The predicted molar refractivity (Wildman–Crippen MR) is 74.1 cm³/mol. The van der Waals surface area contributed by atoms with Gasteiger partial charge in [-0.3, -0.25) is 4.79 Å². The van der Waals surface area contributed by atoms with E-state index in [1.807, 2.05) is 0 Å². The van der Waals surface area contributed by atoms with Gasteiger partial charge in [-0.25, -0.2) is 0 Å². The molecule has 0 aromatic rings. The lowest BCUT2D eigenvalue weighted by molar-refractivity contribution is -0.155. The van der Waals surface area contributed by atoms with E-state index >= 15 is 0 Å². The van der Waals surface area contributed by atoms with Crippen LogP contribution in [0.3, 0.4) is 0 Å². The molecule has 106 valence electrons. The fraction of sp³-hybridized carbons (Fsp3) is 0.933. The van der Waals surface area contributed by atoms with Crippen molar-refractivity contribution in [2.45, 2.75) is 72.4 Å². The first-order valence-corrected chi connectivity index (χ1v) is 7.15. The van der Waals surface area contributed by atoms with E-state index in [4.69, 9.17) is 10.5 Å². The summed E-state index contributed by atoms with van der Waals surface area (Å²) >= 11 is 0. The summed E-state index contributed by atoms with van der Waals surface area (Å²) in [5, 5.41) is 0. The van der Waals surface area contributed by atoms with Gasteiger partial charge in [0.25, 0.3) is 0 Å². The number of nitrogens with two attached hydrogens (primary N) is 1. The number of hydrogen-bond donors (Lipinski definition) is 1. The minimum atomic E-state index is -0.467. The van der Waals surface area contributed by atoms with E-state index < -0.39 is 6.04 Å². The maximum Gasteiger partial charge on any atom is 0.323 e. The normalized spacial score (nSPS) is 29.1. The third kappa shape index (κ3) is 4.97. The van der Waals surface area contributed by atoms with Crippen molar-refractivity contribution in [3.8, 4) is 0 Å². The Balaban J connectivity index is 2.49. The second kappa shape index (κ2) is 6.05. The van der Waals surface area contributed by atoms with Crippen LogP contribution >= 0.6 is 0 Å². The molecule has 2 unspecified atom stereocenters. The predicted octanol–water partition coefficient (Wildman–Crippen LogP) is 3.12. The third-order valence-corrected chi connectivity index (χ3v) is 3.66.